The Labute approximate surface area is 224 Å². The molecule has 36 heavy (non-hydrogen) atoms. The molecule has 4 aromatic rings. The fourth-order valence-corrected chi connectivity index (χ4v) is 6.06. The van der Waals surface area contributed by atoms with E-state index in [1.54, 1.807) is 47.2 Å². The van der Waals surface area contributed by atoms with E-state index in [4.69, 9.17) is 27.9 Å². The van der Waals surface area contributed by atoms with Gasteiger partial charge in [-0.15, -0.1) is 22.7 Å². The van der Waals surface area contributed by atoms with Gasteiger partial charge in [-0.3, -0.25) is 14.8 Å². The molecule has 0 fully saturated rings. The van der Waals surface area contributed by atoms with E-state index in [-0.39, 0.29) is 15.5 Å². The number of nitrogens with one attached hydrogen (secondary N) is 2. The standard InChI is InChI=1S/C23H17Cl2N3O5S3/c1-13(21(29)27-23-26-19(12-35-23)14-8-9-16(24)17(25)11-14)33-22(30)15-5-2-3-6-18(15)28-36(31,32)20-7-4-10-34-20/h2-13,28H,1H3,(H,26,27,29)/t13-/m1/s1. The lowest BCUT2D eigenvalue weighted by Crippen LogP contribution is -2.30. The zero-order chi connectivity index (χ0) is 25.9. The summed E-state index contributed by atoms with van der Waals surface area (Å²) in [5.74, 6) is -1.47. The van der Waals surface area contributed by atoms with Crippen LogP contribution in [0.1, 0.15) is 17.3 Å². The summed E-state index contributed by atoms with van der Waals surface area (Å²) in [6.45, 7) is 1.40. The molecule has 0 bridgehead atoms. The molecular weight excluding hydrogens is 565 g/mol. The number of hydrogen-bond donors (Lipinski definition) is 2. The van der Waals surface area contributed by atoms with Crippen molar-refractivity contribution in [3.05, 3.63) is 81.0 Å². The number of esters is 1. The quantitative estimate of drug-likeness (QED) is 0.241. The molecule has 4 rings (SSSR count). The molecule has 0 radical (unpaired) electrons. The molecule has 1 amide bonds. The maximum absolute atomic E-state index is 12.8. The van der Waals surface area contributed by atoms with Crippen LogP contribution in [0.2, 0.25) is 10.0 Å². The van der Waals surface area contributed by atoms with Crippen molar-refractivity contribution in [2.75, 3.05) is 10.0 Å². The average Bonchev–Trinajstić information content (AvgIpc) is 3.54. The van der Waals surface area contributed by atoms with Crippen molar-refractivity contribution in [3.63, 3.8) is 0 Å². The van der Waals surface area contributed by atoms with E-state index in [9.17, 15) is 18.0 Å². The second-order valence-corrected chi connectivity index (χ2v) is 11.8. The van der Waals surface area contributed by atoms with E-state index in [1.165, 1.54) is 36.5 Å². The minimum atomic E-state index is -3.88. The highest BCUT2D eigenvalue weighted by Gasteiger charge is 2.24. The third-order valence-corrected chi connectivity index (χ3v) is 9.01. The first-order chi connectivity index (χ1) is 17.1. The summed E-state index contributed by atoms with van der Waals surface area (Å²) in [6, 6.07) is 14.1. The van der Waals surface area contributed by atoms with E-state index < -0.39 is 28.0 Å². The van der Waals surface area contributed by atoms with Crippen molar-refractivity contribution >= 4 is 78.6 Å². The Morgan fingerprint density at radius 2 is 1.81 bits per heavy atom. The van der Waals surface area contributed by atoms with Gasteiger partial charge in [0.15, 0.2) is 11.2 Å². The number of carbonyl (C=O) groups is 2. The van der Waals surface area contributed by atoms with Crippen molar-refractivity contribution < 1.29 is 22.7 Å². The van der Waals surface area contributed by atoms with Crippen molar-refractivity contribution in [1.29, 1.82) is 0 Å². The topological polar surface area (TPSA) is 114 Å². The van der Waals surface area contributed by atoms with E-state index in [2.05, 4.69) is 15.0 Å². The number of ether oxygens (including phenoxy) is 1. The van der Waals surface area contributed by atoms with Crippen molar-refractivity contribution in [2.24, 2.45) is 0 Å². The molecule has 0 aliphatic rings. The van der Waals surface area contributed by atoms with Gasteiger partial charge in [0.2, 0.25) is 0 Å². The number of aromatic nitrogens is 1. The van der Waals surface area contributed by atoms with Gasteiger partial charge >= 0.3 is 5.97 Å². The van der Waals surface area contributed by atoms with Crippen LogP contribution in [0.3, 0.4) is 0 Å². The van der Waals surface area contributed by atoms with Gasteiger partial charge < -0.3 is 4.74 Å². The summed E-state index contributed by atoms with van der Waals surface area (Å²) in [6.07, 6.45) is -1.18. The highest BCUT2D eigenvalue weighted by atomic mass is 35.5. The van der Waals surface area contributed by atoms with Crippen molar-refractivity contribution in [2.45, 2.75) is 17.2 Å². The molecule has 2 aromatic heterocycles. The molecule has 13 heteroatoms. The van der Waals surface area contributed by atoms with Gasteiger partial charge in [0.1, 0.15) is 4.21 Å². The molecule has 0 unspecified atom stereocenters. The molecule has 1 atom stereocenters. The first-order valence-electron chi connectivity index (χ1n) is 10.2. The fourth-order valence-electron chi connectivity index (χ4n) is 2.97. The number of benzene rings is 2. The lowest BCUT2D eigenvalue weighted by molar-refractivity contribution is -0.123. The number of para-hydroxylation sites is 1. The first kappa shape index (κ1) is 26.1. The molecule has 0 aliphatic heterocycles. The smallest absolute Gasteiger partial charge is 0.341 e. The van der Waals surface area contributed by atoms with Gasteiger partial charge in [-0.2, -0.15) is 0 Å². The largest absolute Gasteiger partial charge is 0.449 e. The third kappa shape index (κ3) is 6.05. The number of thiophene rings is 1. The van der Waals surface area contributed by atoms with E-state index >= 15 is 0 Å². The Bertz CT molecular complexity index is 1520. The molecule has 186 valence electrons. The Balaban J connectivity index is 1.42. The summed E-state index contributed by atoms with van der Waals surface area (Å²) >= 11 is 14.2. The molecule has 0 saturated heterocycles. The minimum absolute atomic E-state index is 0.0339. The molecule has 2 heterocycles. The van der Waals surface area contributed by atoms with Gasteiger partial charge in [-0.25, -0.2) is 18.2 Å². The molecule has 2 aromatic carbocycles. The predicted molar refractivity (Wildman–Crippen MR) is 143 cm³/mol. The van der Waals surface area contributed by atoms with Crippen LogP contribution in [0.15, 0.2) is 69.6 Å². The Morgan fingerprint density at radius 1 is 1.03 bits per heavy atom. The van der Waals surface area contributed by atoms with E-state index in [0.29, 0.717) is 20.9 Å². The maximum Gasteiger partial charge on any atom is 0.341 e. The van der Waals surface area contributed by atoms with Crippen LogP contribution in [-0.2, 0) is 19.6 Å². The number of amides is 1. The summed E-state index contributed by atoms with van der Waals surface area (Å²) < 4.78 is 32.9. The van der Waals surface area contributed by atoms with Crippen LogP contribution in [0.25, 0.3) is 11.3 Å². The van der Waals surface area contributed by atoms with Crippen LogP contribution in [0, 0.1) is 0 Å². The number of halogens is 2. The lowest BCUT2D eigenvalue weighted by Gasteiger charge is -2.15. The lowest BCUT2D eigenvalue weighted by atomic mass is 10.2. The number of rotatable bonds is 8. The Kier molecular flexibility index (Phi) is 7.96. The number of hydrogen-bond acceptors (Lipinski definition) is 8. The van der Waals surface area contributed by atoms with Crippen LogP contribution in [-0.4, -0.2) is 31.4 Å². The summed E-state index contributed by atoms with van der Waals surface area (Å²) in [5.41, 5.74) is 1.32. The normalized spacial score (nSPS) is 12.1. The number of carbonyl (C=O) groups excluding carboxylic acids is 2. The van der Waals surface area contributed by atoms with Crippen molar-refractivity contribution in [1.82, 2.24) is 4.98 Å². The second kappa shape index (κ2) is 11.0. The third-order valence-electron chi connectivity index (χ3n) is 4.75. The van der Waals surface area contributed by atoms with Crippen LogP contribution in [0.5, 0.6) is 0 Å². The number of nitrogens with zero attached hydrogens (tertiary/aromatic N) is 1. The van der Waals surface area contributed by atoms with Gasteiger partial charge in [0, 0.05) is 10.9 Å². The Hall–Kier alpha value is -2.96. The van der Waals surface area contributed by atoms with Crippen molar-refractivity contribution in [3.8, 4) is 11.3 Å². The van der Waals surface area contributed by atoms with Crippen LogP contribution in [0.4, 0.5) is 10.8 Å². The predicted octanol–water partition coefficient (Wildman–Crippen LogP) is 6.16. The molecule has 8 nitrogen and oxygen atoms in total. The molecular formula is C23H17Cl2N3O5S3. The number of anilines is 2. The van der Waals surface area contributed by atoms with Crippen LogP contribution >= 0.6 is 45.9 Å². The summed E-state index contributed by atoms with van der Waals surface area (Å²) in [4.78, 5) is 29.8. The fraction of sp³-hybridized carbons (Fsp3) is 0.0870. The molecule has 0 saturated carbocycles. The summed E-state index contributed by atoms with van der Waals surface area (Å²) in [5, 5.41) is 7.07. The van der Waals surface area contributed by atoms with Gasteiger partial charge in [-0.1, -0.05) is 47.5 Å². The Morgan fingerprint density at radius 3 is 2.53 bits per heavy atom. The van der Waals surface area contributed by atoms with Gasteiger partial charge in [-0.05, 0) is 42.6 Å². The van der Waals surface area contributed by atoms with Gasteiger partial charge in [0.25, 0.3) is 15.9 Å². The van der Waals surface area contributed by atoms with Gasteiger partial charge in [0.05, 0.1) is 27.0 Å². The first-order valence-corrected chi connectivity index (χ1v) is 14.2. The average molecular weight is 583 g/mol. The second-order valence-electron chi connectivity index (χ2n) is 7.29. The highest BCUT2D eigenvalue weighted by Crippen LogP contribution is 2.30. The van der Waals surface area contributed by atoms with E-state index in [0.717, 1.165) is 16.9 Å². The minimum Gasteiger partial charge on any atom is -0.449 e. The number of sulfonamides is 1. The molecule has 2 N–H and O–H groups in total. The van der Waals surface area contributed by atoms with E-state index in [1.807, 2.05) is 0 Å². The monoisotopic (exact) mass is 581 g/mol. The maximum atomic E-state index is 12.8. The zero-order valence-corrected chi connectivity index (χ0v) is 22.4. The highest BCUT2D eigenvalue weighted by molar-refractivity contribution is 7.94. The van der Waals surface area contributed by atoms with Crippen LogP contribution < -0.4 is 10.0 Å². The number of thiazole rings is 1. The SMILES string of the molecule is C[C@@H](OC(=O)c1ccccc1NS(=O)(=O)c1cccs1)C(=O)Nc1nc(-c2ccc(Cl)c(Cl)c2)cs1. The molecule has 0 spiro atoms. The molecule has 0 aliphatic carbocycles. The zero-order valence-electron chi connectivity index (χ0n) is 18.4. The summed E-state index contributed by atoms with van der Waals surface area (Å²) in [7, 11) is -3.88.